The molecule has 96 valence electrons. The summed E-state index contributed by atoms with van der Waals surface area (Å²) in [5.74, 6) is -0.790. The van der Waals surface area contributed by atoms with Crippen LogP contribution in [0.2, 0.25) is 0 Å². The molecule has 0 fully saturated rings. The molecule has 1 heterocycles. The van der Waals surface area contributed by atoms with E-state index in [2.05, 4.69) is 0 Å². The van der Waals surface area contributed by atoms with Gasteiger partial charge in [0.25, 0.3) is 0 Å². The van der Waals surface area contributed by atoms with Crippen LogP contribution < -0.4 is 4.90 Å². The largest absolute Gasteiger partial charge is 0.341 e. The molecule has 0 saturated carbocycles. The number of fused-ring (bicyclic) bond motifs is 1. The summed E-state index contributed by atoms with van der Waals surface area (Å²) in [6, 6.07) is 8.74. The second-order valence-electron chi connectivity index (χ2n) is 4.54. The van der Waals surface area contributed by atoms with Crippen molar-refractivity contribution in [3.63, 3.8) is 0 Å². The highest BCUT2D eigenvalue weighted by atomic mass is 19.1. The minimum atomic E-state index is -0.468. The van der Waals surface area contributed by atoms with Crippen molar-refractivity contribution in [1.82, 2.24) is 0 Å². The first-order valence-electron chi connectivity index (χ1n) is 5.99. The molecule has 0 bridgehead atoms. The Balaban J connectivity index is 2.08. The molecule has 2 nitrogen and oxygen atoms in total. The van der Waals surface area contributed by atoms with E-state index >= 15 is 0 Å². The van der Waals surface area contributed by atoms with Crippen LogP contribution in [0.5, 0.6) is 0 Å². The fraction of sp³-hybridized carbons (Fsp3) is 0.133. The molecule has 0 saturated heterocycles. The molecule has 4 heteroatoms. The summed E-state index contributed by atoms with van der Waals surface area (Å²) in [7, 11) is 0. The van der Waals surface area contributed by atoms with E-state index in [-0.39, 0.29) is 11.4 Å². The lowest BCUT2D eigenvalue weighted by atomic mass is 10.1. The number of rotatable bonds is 2. The van der Waals surface area contributed by atoms with Crippen LogP contribution >= 0.6 is 0 Å². The lowest BCUT2D eigenvalue weighted by Crippen LogP contribution is -2.13. The van der Waals surface area contributed by atoms with Crippen LogP contribution in [0.25, 0.3) is 0 Å². The van der Waals surface area contributed by atoms with Gasteiger partial charge in [0.2, 0.25) is 0 Å². The van der Waals surface area contributed by atoms with E-state index in [1.165, 1.54) is 24.3 Å². The van der Waals surface area contributed by atoms with Crippen LogP contribution in [0.15, 0.2) is 36.4 Å². The van der Waals surface area contributed by atoms with Crippen molar-refractivity contribution >= 4 is 17.7 Å². The highest BCUT2D eigenvalue weighted by Crippen LogP contribution is 2.35. The first-order chi connectivity index (χ1) is 9.17. The summed E-state index contributed by atoms with van der Waals surface area (Å²) in [6.45, 7) is 0.653. The van der Waals surface area contributed by atoms with E-state index in [0.29, 0.717) is 18.5 Å². The van der Waals surface area contributed by atoms with Crippen molar-refractivity contribution in [3.05, 3.63) is 59.2 Å². The molecule has 0 N–H and O–H groups in total. The Bertz CT molecular complexity index is 655. The summed E-state index contributed by atoms with van der Waals surface area (Å²) in [4.78, 5) is 12.6. The molecule has 0 atom stereocenters. The molecule has 19 heavy (non-hydrogen) atoms. The van der Waals surface area contributed by atoms with Crippen molar-refractivity contribution in [2.24, 2.45) is 0 Å². The van der Waals surface area contributed by atoms with E-state index in [9.17, 15) is 13.6 Å². The number of hydrogen-bond acceptors (Lipinski definition) is 2. The maximum absolute atomic E-state index is 13.5. The number of hydrogen-bond donors (Lipinski definition) is 0. The summed E-state index contributed by atoms with van der Waals surface area (Å²) in [5, 5.41) is 0. The molecule has 0 radical (unpaired) electrons. The highest BCUT2D eigenvalue weighted by Gasteiger charge is 2.21. The third kappa shape index (κ3) is 2.10. The quantitative estimate of drug-likeness (QED) is 0.770. The molecule has 3 rings (SSSR count). The number of anilines is 2. The standard InChI is InChI=1S/C15H11F2NO/c16-12-2-1-11-3-4-18(15(11)8-12)14-6-10(9-19)5-13(17)7-14/h1-2,5-9H,3-4H2. The fourth-order valence-corrected chi connectivity index (χ4v) is 2.44. The molecule has 2 aromatic carbocycles. The van der Waals surface area contributed by atoms with E-state index in [4.69, 9.17) is 0 Å². The predicted molar refractivity (Wildman–Crippen MR) is 68.9 cm³/mol. The maximum atomic E-state index is 13.5. The summed E-state index contributed by atoms with van der Waals surface area (Å²) in [6.07, 6.45) is 1.39. The third-order valence-electron chi connectivity index (χ3n) is 3.30. The van der Waals surface area contributed by atoms with Gasteiger partial charge in [0.15, 0.2) is 0 Å². The SMILES string of the molecule is O=Cc1cc(F)cc(N2CCc3ccc(F)cc32)c1. The molecular formula is C15H11F2NO. The Hall–Kier alpha value is -2.23. The predicted octanol–water partition coefficient (Wildman–Crippen LogP) is 3.47. The molecular weight excluding hydrogens is 248 g/mol. The van der Waals surface area contributed by atoms with Crippen molar-refractivity contribution < 1.29 is 13.6 Å². The molecule has 1 aliphatic rings. The van der Waals surface area contributed by atoms with E-state index < -0.39 is 5.82 Å². The Kier molecular flexibility index (Phi) is 2.78. The van der Waals surface area contributed by atoms with Crippen LogP contribution in [0, 0.1) is 11.6 Å². The Labute approximate surface area is 109 Å². The number of aldehydes is 1. The van der Waals surface area contributed by atoms with Crippen LogP contribution in [0.4, 0.5) is 20.2 Å². The minimum absolute atomic E-state index is 0.278. The molecule has 0 unspecified atom stereocenters. The van der Waals surface area contributed by atoms with Crippen molar-refractivity contribution in [1.29, 1.82) is 0 Å². The van der Waals surface area contributed by atoms with Crippen molar-refractivity contribution in [2.75, 3.05) is 11.4 Å². The lowest BCUT2D eigenvalue weighted by Gasteiger charge is -2.20. The van der Waals surface area contributed by atoms with Gasteiger partial charge in [-0.25, -0.2) is 8.78 Å². The van der Waals surface area contributed by atoms with Gasteiger partial charge in [0, 0.05) is 23.5 Å². The zero-order valence-corrected chi connectivity index (χ0v) is 10.1. The van der Waals surface area contributed by atoms with Gasteiger partial charge in [-0.05, 0) is 42.3 Å². The normalized spacial score (nSPS) is 13.5. The van der Waals surface area contributed by atoms with Crippen LogP contribution in [0.1, 0.15) is 15.9 Å². The first-order valence-corrected chi connectivity index (χ1v) is 5.99. The molecule has 0 amide bonds. The molecule has 0 spiro atoms. The number of carbonyl (C=O) groups excluding carboxylic acids is 1. The van der Waals surface area contributed by atoms with Gasteiger partial charge in [0.05, 0.1) is 0 Å². The van der Waals surface area contributed by atoms with Gasteiger partial charge in [0.1, 0.15) is 17.9 Å². The Morgan fingerprint density at radius 1 is 1.05 bits per heavy atom. The average molecular weight is 259 g/mol. The molecule has 1 aliphatic heterocycles. The van der Waals surface area contributed by atoms with Gasteiger partial charge in [-0.1, -0.05) is 6.07 Å². The second-order valence-corrected chi connectivity index (χ2v) is 4.54. The molecule has 2 aromatic rings. The van der Waals surface area contributed by atoms with Gasteiger partial charge < -0.3 is 4.90 Å². The van der Waals surface area contributed by atoms with Gasteiger partial charge >= 0.3 is 0 Å². The van der Waals surface area contributed by atoms with Crippen molar-refractivity contribution in [2.45, 2.75) is 6.42 Å². The Morgan fingerprint density at radius 3 is 2.68 bits per heavy atom. The average Bonchev–Trinajstić information content (AvgIpc) is 2.80. The summed E-state index contributed by atoms with van der Waals surface area (Å²) < 4.78 is 26.8. The van der Waals surface area contributed by atoms with Gasteiger partial charge in [-0.2, -0.15) is 0 Å². The number of halogens is 2. The summed E-state index contributed by atoms with van der Waals surface area (Å²) in [5.41, 5.74) is 2.62. The van der Waals surface area contributed by atoms with Gasteiger partial charge in [-0.3, -0.25) is 4.79 Å². The number of benzene rings is 2. The monoisotopic (exact) mass is 259 g/mol. The second kappa shape index (κ2) is 4.46. The fourth-order valence-electron chi connectivity index (χ4n) is 2.44. The summed E-state index contributed by atoms with van der Waals surface area (Å²) >= 11 is 0. The maximum Gasteiger partial charge on any atom is 0.150 e. The van der Waals surface area contributed by atoms with Crippen LogP contribution in [-0.2, 0) is 6.42 Å². The van der Waals surface area contributed by atoms with Crippen LogP contribution in [0.3, 0.4) is 0 Å². The number of carbonyl (C=O) groups is 1. The smallest absolute Gasteiger partial charge is 0.150 e. The van der Waals surface area contributed by atoms with Crippen LogP contribution in [-0.4, -0.2) is 12.8 Å². The van der Waals surface area contributed by atoms with E-state index in [1.807, 2.05) is 4.90 Å². The molecule has 0 aliphatic carbocycles. The molecule has 0 aromatic heterocycles. The number of nitrogens with zero attached hydrogens (tertiary/aromatic N) is 1. The van der Waals surface area contributed by atoms with E-state index in [1.54, 1.807) is 12.1 Å². The Morgan fingerprint density at radius 2 is 1.89 bits per heavy atom. The highest BCUT2D eigenvalue weighted by molar-refractivity contribution is 5.79. The third-order valence-corrected chi connectivity index (χ3v) is 3.30. The first kappa shape index (κ1) is 11.8. The minimum Gasteiger partial charge on any atom is -0.341 e. The zero-order valence-electron chi connectivity index (χ0n) is 10.1. The zero-order chi connectivity index (χ0) is 13.4. The van der Waals surface area contributed by atoms with Gasteiger partial charge in [-0.15, -0.1) is 0 Å². The lowest BCUT2D eigenvalue weighted by molar-refractivity contribution is 0.112. The van der Waals surface area contributed by atoms with Crippen molar-refractivity contribution in [3.8, 4) is 0 Å². The van der Waals surface area contributed by atoms with E-state index in [0.717, 1.165) is 17.7 Å². The topological polar surface area (TPSA) is 20.3 Å².